The van der Waals surface area contributed by atoms with E-state index in [2.05, 4.69) is 19.9 Å². The molecule has 142 valence electrons. The molecule has 2 N–H and O–H groups in total. The molecule has 3 aromatic heterocycles. The molecule has 0 spiro atoms. The zero-order valence-electron chi connectivity index (χ0n) is 15.3. The Balaban J connectivity index is 1.57. The summed E-state index contributed by atoms with van der Waals surface area (Å²) in [6.45, 7) is 2.65. The normalized spacial score (nSPS) is 16.3. The number of nitrogens with zero attached hydrogens (tertiary/aromatic N) is 3. The third-order valence-electron chi connectivity index (χ3n) is 4.87. The molecule has 1 aliphatic rings. The monoisotopic (exact) mass is 377 g/mol. The van der Waals surface area contributed by atoms with Gasteiger partial charge in [0.05, 0.1) is 5.69 Å². The van der Waals surface area contributed by atoms with Gasteiger partial charge in [-0.3, -0.25) is 19.4 Å². The Morgan fingerprint density at radius 2 is 2.07 bits per heavy atom. The standard InChI is InChI=1S/C20H19N5O3/c1-12-4-5-15(19(27)22-12)20(28)25-8-6-14(11-25)18-23-16(9-17(26)24-18)13-3-2-7-21-10-13/h2-5,7,9-10,14H,6,8,11H2,1H3,(H,22,27)(H,23,24,26)/t14-/m1/s1. The van der Waals surface area contributed by atoms with Crippen LogP contribution in [-0.4, -0.2) is 43.8 Å². The Hall–Kier alpha value is -3.55. The number of hydrogen-bond acceptors (Lipinski definition) is 5. The lowest BCUT2D eigenvalue weighted by Crippen LogP contribution is -2.33. The van der Waals surface area contributed by atoms with Gasteiger partial charge in [0, 0.05) is 48.7 Å². The van der Waals surface area contributed by atoms with E-state index >= 15 is 0 Å². The number of amides is 1. The molecule has 0 unspecified atom stereocenters. The van der Waals surface area contributed by atoms with Crippen molar-refractivity contribution in [2.24, 2.45) is 0 Å². The van der Waals surface area contributed by atoms with E-state index in [1.54, 1.807) is 42.4 Å². The molecule has 8 heteroatoms. The maximum Gasteiger partial charge on any atom is 0.260 e. The fourth-order valence-corrected chi connectivity index (χ4v) is 3.41. The predicted molar refractivity (Wildman–Crippen MR) is 103 cm³/mol. The van der Waals surface area contributed by atoms with Gasteiger partial charge in [-0.1, -0.05) is 0 Å². The summed E-state index contributed by atoms with van der Waals surface area (Å²) in [7, 11) is 0. The van der Waals surface area contributed by atoms with Crippen molar-refractivity contribution in [2.45, 2.75) is 19.3 Å². The smallest absolute Gasteiger partial charge is 0.260 e. The van der Waals surface area contributed by atoms with Gasteiger partial charge in [0.25, 0.3) is 17.0 Å². The predicted octanol–water partition coefficient (Wildman–Crippen LogP) is 1.46. The first kappa shape index (κ1) is 17.8. The second kappa shape index (κ2) is 7.22. The maximum atomic E-state index is 12.7. The topological polar surface area (TPSA) is 112 Å². The van der Waals surface area contributed by atoms with Crippen molar-refractivity contribution in [3.05, 3.63) is 80.5 Å². The van der Waals surface area contributed by atoms with Crippen LogP contribution in [0.3, 0.4) is 0 Å². The van der Waals surface area contributed by atoms with Crippen LogP contribution in [0.25, 0.3) is 11.3 Å². The zero-order valence-corrected chi connectivity index (χ0v) is 15.3. The van der Waals surface area contributed by atoms with Crippen LogP contribution < -0.4 is 11.1 Å². The first-order valence-electron chi connectivity index (χ1n) is 9.02. The van der Waals surface area contributed by atoms with Crippen LogP contribution in [0, 0.1) is 6.92 Å². The van der Waals surface area contributed by atoms with Crippen molar-refractivity contribution in [1.29, 1.82) is 0 Å². The van der Waals surface area contributed by atoms with Crippen LogP contribution in [0.4, 0.5) is 0 Å². The number of aryl methyl sites for hydroxylation is 1. The van der Waals surface area contributed by atoms with Gasteiger partial charge in [-0.25, -0.2) is 4.98 Å². The summed E-state index contributed by atoms with van der Waals surface area (Å²) in [4.78, 5) is 52.6. The average molecular weight is 377 g/mol. The van der Waals surface area contributed by atoms with Gasteiger partial charge < -0.3 is 14.9 Å². The van der Waals surface area contributed by atoms with Crippen molar-refractivity contribution in [3.63, 3.8) is 0 Å². The number of likely N-dealkylation sites (tertiary alicyclic amines) is 1. The summed E-state index contributed by atoms with van der Waals surface area (Å²) in [5, 5.41) is 0. The molecule has 0 aliphatic carbocycles. The van der Waals surface area contributed by atoms with E-state index in [0.717, 1.165) is 5.56 Å². The second-order valence-corrected chi connectivity index (χ2v) is 6.88. The van der Waals surface area contributed by atoms with Gasteiger partial charge in [-0.2, -0.15) is 0 Å². The largest absolute Gasteiger partial charge is 0.338 e. The van der Waals surface area contributed by atoms with E-state index < -0.39 is 5.56 Å². The van der Waals surface area contributed by atoms with Crippen molar-refractivity contribution in [3.8, 4) is 11.3 Å². The summed E-state index contributed by atoms with van der Waals surface area (Å²) in [6, 6.07) is 8.31. The molecule has 4 rings (SSSR count). The molecule has 1 saturated heterocycles. The molecule has 28 heavy (non-hydrogen) atoms. The lowest BCUT2D eigenvalue weighted by Gasteiger charge is -2.16. The van der Waals surface area contributed by atoms with E-state index in [9.17, 15) is 14.4 Å². The Kier molecular flexibility index (Phi) is 4.60. The lowest BCUT2D eigenvalue weighted by molar-refractivity contribution is 0.0788. The molecule has 3 aromatic rings. The highest BCUT2D eigenvalue weighted by atomic mass is 16.2. The first-order valence-corrected chi connectivity index (χ1v) is 9.02. The van der Waals surface area contributed by atoms with E-state index in [1.807, 2.05) is 6.07 Å². The van der Waals surface area contributed by atoms with Crippen LogP contribution in [0.2, 0.25) is 0 Å². The van der Waals surface area contributed by atoms with Gasteiger partial charge in [0.1, 0.15) is 11.4 Å². The maximum absolute atomic E-state index is 12.7. The van der Waals surface area contributed by atoms with E-state index in [1.165, 1.54) is 6.07 Å². The summed E-state index contributed by atoms with van der Waals surface area (Å²) >= 11 is 0. The highest BCUT2D eigenvalue weighted by Gasteiger charge is 2.30. The SMILES string of the molecule is Cc1ccc(C(=O)N2CC[C@@H](c3nc(-c4cccnc4)cc(=O)[nH]3)C2)c(=O)[nH]1. The zero-order chi connectivity index (χ0) is 19.7. The van der Waals surface area contributed by atoms with E-state index in [4.69, 9.17) is 0 Å². The first-order chi connectivity index (χ1) is 13.5. The summed E-state index contributed by atoms with van der Waals surface area (Å²) in [5.41, 5.74) is 1.49. The number of rotatable bonds is 3. The van der Waals surface area contributed by atoms with Crippen molar-refractivity contribution in [2.75, 3.05) is 13.1 Å². The van der Waals surface area contributed by atoms with Crippen molar-refractivity contribution < 1.29 is 4.79 Å². The molecule has 1 fully saturated rings. The molecule has 0 radical (unpaired) electrons. The Labute approximate surface area is 160 Å². The highest BCUT2D eigenvalue weighted by molar-refractivity contribution is 5.94. The molecule has 0 aromatic carbocycles. The lowest BCUT2D eigenvalue weighted by atomic mass is 10.1. The van der Waals surface area contributed by atoms with Gasteiger partial charge >= 0.3 is 0 Å². The van der Waals surface area contributed by atoms with Crippen LogP contribution in [-0.2, 0) is 0 Å². The molecule has 0 bridgehead atoms. The quantitative estimate of drug-likeness (QED) is 0.718. The summed E-state index contributed by atoms with van der Waals surface area (Å²) in [6.07, 6.45) is 3.97. The molecule has 1 aliphatic heterocycles. The van der Waals surface area contributed by atoms with Gasteiger partial charge in [0.2, 0.25) is 0 Å². The fraction of sp³-hybridized carbons (Fsp3) is 0.250. The molecule has 1 amide bonds. The third-order valence-corrected chi connectivity index (χ3v) is 4.87. The number of carbonyl (C=O) groups excluding carboxylic acids is 1. The number of aromatic nitrogens is 4. The molecular formula is C20H19N5O3. The minimum Gasteiger partial charge on any atom is -0.338 e. The number of nitrogens with one attached hydrogen (secondary N) is 2. The molecule has 0 saturated carbocycles. The van der Waals surface area contributed by atoms with E-state index in [-0.39, 0.29) is 22.9 Å². The third kappa shape index (κ3) is 3.48. The number of carbonyl (C=O) groups is 1. The van der Waals surface area contributed by atoms with Crippen molar-refractivity contribution >= 4 is 5.91 Å². The highest BCUT2D eigenvalue weighted by Crippen LogP contribution is 2.26. The minimum absolute atomic E-state index is 0.0993. The second-order valence-electron chi connectivity index (χ2n) is 6.88. The Bertz CT molecular complexity index is 1140. The van der Waals surface area contributed by atoms with Crippen molar-refractivity contribution in [1.82, 2.24) is 24.8 Å². The molecule has 1 atom stereocenters. The molecule has 4 heterocycles. The number of H-pyrrole nitrogens is 2. The van der Waals surface area contributed by atoms with Gasteiger partial charge in [0.15, 0.2) is 0 Å². The van der Waals surface area contributed by atoms with Crippen LogP contribution >= 0.6 is 0 Å². The van der Waals surface area contributed by atoms with E-state index in [0.29, 0.717) is 36.7 Å². The average Bonchev–Trinajstić information content (AvgIpc) is 3.18. The fourth-order valence-electron chi connectivity index (χ4n) is 3.41. The number of hydrogen-bond donors (Lipinski definition) is 2. The Morgan fingerprint density at radius 1 is 1.21 bits per heavy atom. The number of pyridine rings is 2. The Morgan fingerprint density at radius 3 is 2.82 bits per heavy atom. The number of aromatic amines is 2. The van der Waals surface area contributed by atoms with Gasteiger partial charge in [-0.05, 0) is 37.6 Å². The summed E-state index contributed by atoms with van der Waals surface area (Å²) in [5.74, 6) is 0.131. The van der Waals surface area contributed by atoms with Crippen LogP contribution in [0.15, 0.2) is 52.3 Å². The van der Waals surface area contributed by atoms with Crippen LogP contribution in [0.1, 0.15) is 34.2 Å². The minimum atomic E-state index is -0.390. The molecule has 8 nitrogen and oxygen atoms in total. The summed E-state index contributed by atoms with van der Waals surface area (Å²) < 4.78 is 0. The van der Waals surface area contributed by atoms with Gasteiger partial charge in [-0.15, -0.1) is 0 Å². The van der Waals surface area contributed by atoms with Crippen LogP contribution in [0.5, 0.6) is 0 Å². The molecular weight excluding hydrogens is 358 g/mol.